The quantitative estimate of drug-likeness (QED) is 0.828. The second kappa shape index (κ2) is 4.25. The highest BCUT2D eigenvalue weighted by Gasteiger charge is 2.25. The number of hydrogen-bond donors (Lipinski definition) is 2. The van der Waals surface area contributed by atoms with Crippen molar-refractivity contribution in [1.82, 2.24) is 20.5 Å². The molecule has 0 aliphatic carbocycles. The number of aromatic amines is 1. The molecule has 5 heteroatoms. The minimum absolute atomic E-state index is 0.194. The number of pyridine rings is 1. The van der Waals surface area contributed by atoms with Gasteiger partial charge < -0.3 is 5.32 Å². The first-order valence-electron chi connectivity index (χ1n) is 5.72. The Bertz CT molecular complexity index is 502. The van der Waals surface area contributed by atoms with Crippen LogP contribution in [0, 0.1) is 5.82 Å². The van der Waals surface area contributed by atoms with Gasteiger partial charge in [0.25, 0.3) is 0 Å². The van der Waals surface area contributed by atoms with E-state index in [1.807, 2.05) is 6.07 Å². The molecule has 17 heavy (non-hydrogen) atoms. The molecule has 3 rings (SSSR count). The van der Waals surface area contributed by atoms with Gasteiger partial charge in [0.1, 0.15) is 5.69 Å². The van der Waals surface area contributed by atoms with E-state index in [-0.39, 0.29) is 11.7 Å². The van der Waals surface area contributed by atoms with E-state index in [1.54, 1.807) is 18.3 Å². The van der Waals surface area contributed by atoms with E-state index in [0.717, 1.165) is 19.5 Å². The SMILES string of the molecule is Fc1c(-c2ccccn2)n[nH]c1C1CCNC1. The molecule has 1 fully saturated rings. The molecule has 1 aliphatic heterocycles. The van der Waals surface area contributed by atoms with Gasteiger partial charge in [-0.1, -0.05) is 6.07 Å². The Morgan fingerprint density at radius 2 is 2.29 bits per heavy atom. The number of hydrogen-bond acceptors (Lipinski definition) is 3. The molecular weight excluding hydrogens is 219 g/mol. The number of nitrogens with zero attached hydrogens (tertiary/aromatic N) is 2. The maximum atomic E-state index is 14.2. The summed E-state index contributed by atoms with van der Waals surface area (Å²) in [5, 5.41) is 10.1. The summed E-state index contributed by atoms with van der Waals surface area (Å²) >= 11 is 0. The van der Waals surface area contributed by atoms with Crippen molar-refractivity contribution in [1.29, 1.82) is 0 Å². The lowest BCUT2D eigenvalue weighted by molar-refractivity contribution is 0.587. The molecule has 1 unspecified atom stereocenters. The van der Waals surface area contributed by atoms with Crippen LogP contribution in [0.3, 0.4) is 0 Å². The van der Waals surface area contributed by atoms with E-state index in [1.165, 1.54) is 0 Å². The average Bonchev–Trinajstić information content (AvgIpc) is 2.99. The fourth-order valence-electron chi connectivity index (χ4n) is 2.19. The van der Waals surface area contributed by atoms with Gasteiger partial charge in [0, 0.05) is 18.7 Å². The van der Waals surface area contributed by atoms with Gasteiger partial charge in [0.05, 0.1) is 11.4 Å². The van der Waals surface area contributed by atoms with E-state index >= 15 is 0 Å². The lowest BCUT2D eigenvalue weighted by atomic mass is 10.0. The van der Waals surface area contributed by atoms with Crippen molar-refractivity contribution in [2.24, 2.45) is 0 Å². The van der Waals surface area contributed by atoms with Crippen LogP contribution in [0.25, 0.3) is 11.4 Å². The Labute approximate surface area is 98.3 Å². The van der Waals surface area contributed by atoms with Crippen molar-refractivity contribution < 1.29 is 4.39 Å². The van der Waals surface area contributed by atoms with Crippen molar-refractivity contribution >= 4 is 0 Å². The Morgan fingerprint density at radius 1 is 1.35 bits per heavy atom. The van der Waals surface area contributed by atoms with E-state index < -0.39 is 0 Å². The largest absolute Gasteiger partial charge is 0.316 e. The molecule has 4 nitrogen and oxygen atoms in total. The lowest BCUT2D eigenvalue weighted by Gasteiger charge is -2.04. The first kappa shape index (κ1) is 10.4. The number of halogens is 1. The molecule has 2 aromatic rings. The van der Waals surface area contributed by atoms with Gasteiger partial charge in [-0.3, -0.25) is 10.1 Å². The van der Waals surface area contributed by atoms with Crippen LogP contribution in [-0.2, 0) is 0 Å². The van der Waals surface area contributed by atoms with E-state index in [2.05, 4.69) is 20.5 Å². The van der Waals surface area contributed by atoms with Crippen LogP contribution in [0.15, 0.2) is 24.4 Å². The highest BCUT2D eigenvalue weighted by molar-refractivity contribution is 5.55. The molecule has 88 valence electrons. The molecule has 0 bridgehead atoms. The molecule has 1 saturated heterocycles. The van der Waals surface area contributed by atoms with Crippen molar-refractivity contribution in [2.75, 3.05) is 13.1 Å². The second-order valence-electron chi connectivity index (χ2n) is 4.20. The number of aromatic nitrogens is 3. The molecule has 0 spiro atoms. The number of rotatable bonds is 2. The van der Waals surface area contributed by atoms with Crippen LogP contribution in [0.4, 0.5) is 4.39 Å². The van der Waals surface area contributed by atoms with E-state index in [0.29, 0.717) is 17.1 Å². The van der Waals surface area contributed by atoms with Crippen LogP contribution in [-0.4, -0.2) is 28.3 Å². The zero-order chi connectivity index (χ0) is 11.7. The van der Waals surface area contributed by atoms with Crippen molar-refractivity contribution in [3.8, 4) is 11.4 Å². The molecule has 0 saturated carbocycles. The van der Waals surface area contributed by atoms with Crippen molar-refractivity contribution in [2.45, 2.75) is 12.3 Å². The third-order valence-electron chi connectivity index (χ3n) is 3.11. The number of nitrogens with one attached hydrogen (secondary N) is 2. The Morgan fingerprint density at radius 3 is 3.00 bits per heavy atom. The molecule has 0 radical (unpaired) electrons. The molecule has 3 heterocycles. The molecule has 2 aromatic heterocycles. The monoisotopic (exact) mass is 232 g/mol. The fourth-order valence-corrected chi connectivity index (χ4v) is 2.19. The van der Waals surface area contributed by atoms with Gasteiger partial charge in [-0.15, -0.1) is 0 Å². The fraction of sp³-hybridized carbons (Fsp3) is 0.333. The topological polar surface area (TPSA) is 53.6 Å². The molecular formula is C12H13FN4. The molecule has 1 aliphatic rings. The zero-order valence-corrected chi connectivity index (χ0v) is 9.28. The van der Waals surface area contributed by atoms with Crippen LogP contribution >= 0.6 is 0 Å². The van der Waals surface area contributed by atoms with Gasteiger partial charge in [-0.2, -0.15) is 5.10 Å². The molecule has 0 amide bonds. The zero-order valence-electron chi connectivity index (χ0n) is 9.28. The maximum Gasteiger partial charge on any atom is 0.173 e. The summed E-state index contributed by atoms with van der Waals surface area (Å²) < 4.78 is 14.2. The van der Waals surface area contributed by atoms with Crippen LogP contribution in [0.2, 0.25) is 0 Å². The molecule has 1 atom stereocenters. The first-order valence-corrected chi connectivity index (χ1v) is 5.72. The third-order valence-corrected chi connectivity index (χ3v) is 3.11. The van der Waals surface area contributed by atoms with Gasteiger partial charge >= 0.3 is 0 Å². The van der Waals surface area contributed by atoms with Gasteiger partial charge in [0.2, 0.25) is 0 Å². The van der Waals surface area contributed by atoms with Crippen LogP contribution in [0.5, 0.6) is 0 Å². The normalized spacial score (nSPS) is 19.7. The predicted molar refractivity (Wildman–Crippen MR) is 62.0 cm³/mol. The highest BCUT2D eigenvalue weighted by Crippen LogP contribution is 2.28. The summed E-state index contributed by atoms with van der Waals surface area (Å²) in [6.45, 7) is 1.74. The lowest BCUT2D eigenvalue weighted by Crippen LogP contribution is -2.09. The van der Waals surface area contributed by atoms with E-state index in [9.17, 15) is 4.39 Å². The summed E-state index contributed by atoms with van der Waals surface area (Å²) in [6.07, 6.45) is 2.58. The third kappa shape index (κ3) is 1.82. The van der Waals surface area contributed by atoms with Crippen LogP contribution < -0.4 is 5.32 Å². The maximum absolute atomic E-state index is 14.2. The summed E-state index contributed by atoms with van der Waals surface area (Å²) in [6, 6.07) is 5.39. The molecule has 0 aromatic carbocycles. The Kier molecular flexibility index (Phi) is 2.60. The highest BCUT2D eigenvalue weighted by atomic mass is 19.1. The molecule has 2 N–H and O–H groups in total. The Hall–Kier alpha value is -1.75. The summed E-state index contributed by atoms with van der Waals surface area (Å²) in [5.41, 5.74) is 1.47. The minimum atomic E-state index is -0.266. The summed E-state index contributed by atoms with van der Waals surface area (Å²) in [7, 11) is 0. The smallest absolute Gasteiger partial charge is 0.173 e. The predicted octanol–water partition coefficient (Wildman–Crippen LogP) is 1.69. The summed E-state index contributed by atoms with van der Waals surface area (Å²) in [4.78, 5) is 4.11. The average molecular weight is 232 g/mol. The van der Waals surface area contributed by atoms with Gasteiger partial charge in [-0.05, 0) is 25.1 Å². The van der Waals surface area contributed by atoms with Crippen molar-refractivity contribution in [3.05, 3.63) is 35.9 Å². The summed E-state index contributed by atoms with van der Waals surface area (Å²) in [5.74, 6) is -0.0719. The van der Waals surface area contributed by atoms with Crippen LogP contribution in [0.1, 0.15) is 18.0 Å². The minimum Gasteiger partial charge on any atom is -0.316 e. The van der Waals surface area contributed by atoms with Gasteiger partial charge in [-0.25, -0.2) is 4.39 Å². The second-order valence-corrected chi connectivity index (χ2v) is 4.20. The number of H-pyrrole nitrogens is 1. The Balaban J connectivity index is 1.97. The standard InChI is InChI=1S/C12H13FN4/c13-10-11(8-4-6-14-7-8)16-17-12(10)9-3-1-2-5-15-9/h1-3,5,8,14H,4,6-7H2,(H,16,17). The van der Waals surface area contributed by atoms with E-state index in [4.69, 9.17) is 0 Å². The first-order chi connectivity index (χ1) is 8.36. The van der Waals surface area contributed by atoms with Crippen molar-refractivity contribution in [3.63, 3.8) is 0 Å². The van der Waals surface area contributed by atoms with Gasteiger partial charge in [0.15, 0.2) is 5.82 Å².